The third kappa shape index (κ3) is 9.17. The van der Waals surface area contributed by atoms with Gasteiger partial charge in [0.1, 0.15) is 29.5 Å². The Kier molecular flexibility index (Phi) is 12.3. The Labute approximate surface area is 243 Å². The van der Waals surface area contributed by atoms with E-state index in [1.54, 1.807) is 12.3 Å². The van der Waals surface area contributed by atoms with Crippen LogP contribution in [-0.4, -0.2) is 74.3 Å². The molecule has 0 aliphatic heterocycles. The molecule has 1 aromatic carbocycles. The molecule has 1 aliphatic carbocycles. The lowest BCUT2D eigenvalue weighted by atomic mass is 9.89. The molecule has 2 aromatic heterocycles. The molecule has 4 rings (SSSR count). The van der Waals surface area contributed by atoms with Crippen molar-refractivity contribution in [1.29, 1.82) is 0 Å². The Morgan fingerprint density at radius 2 is 1.78 bits per heavy atom. The standard InChI is InChI=1S/C28H37ClFN7O4/c1-19-15-21(23(30)16-24(19)41-14-13-40-12-11-39-10-9-38-8-7-34-37-31)27-35-26-25(22(29)18-33-28(26)36-27)32-17-20-5-3-2-4-6-20/h15-16,18,20H,2-14,17H2,1H3,(H2,32,33,35,36). The third-order valence-electron chi connectivity index (χ3n) is 6.91. The van der Waals surface area contributed by atoms with Crippen molar-refractivity contribution >= 4 is 28.5 Å². The number of halogens is 2. The molecule has 2 heterocycles. The zero-order valence-corrected chi connectivity index (χ0v) is 24.1. The summed E-state index contributed by atoms with van der Waals surface area (Å²) in [6, 6.07) is 3.08. The van der Waals surface area contributed by atoms with Gasteiger partial charge in [-0.15, -0.1) is 0 Å². The van der Waals surface area contributed by atoms with Gasteiger partial charge in [0.05, 0.1) is 62.1 Å². The number of aryl methyl sites for hydroxylation is 1. The Morgan fingerprint density at radius 3 is 2.51 bits per heavy atom. The second kappa shape index (κ2) is 16.3. The van der Waals surface area contributed by atoms with E-state index < -0.39 is 5.82 Å². The number of imidazole rings is 1. The molecule has 13 heteroatoms. The molecule has 1 saturated carbocycles. The number of nitrogens with one attached hydrogen (secondary N) is 2. The smallest absolute Gasteiger partial charge is 0.180 e. The fourth-order valence-electron chi connectivity index (χ4n) is 4.77. The van der Waals surface area contributed by atoms with Crippen molar-refractivity contribution in [2.24, 2.45) is 11.0 Å². The van der Waals surface area contributed by atoms with Gasteiger partial charge in [-0.1, -0.05) is 36.0 Å². The second-order valence-corrected chi connectivity index (χ2v) is 10.3. The van der Waals surface area contributed by atoms with E-state index in [1.807, 2.05) is 6.92 Å². The van der Waals surface area contributed by atoms with E-state index >= 15 is 4.39 Å². The maximum absolute atomic E-state index is 15.2. The van der Waals surface area contributed by atoms with Gasteiger partial charge < -0.3 is 29.2 Å². The monoisotopic (exact) mass is 589 g/mol. The number of aromatic amines is 1. The first-order valence-corrected chi connectivity index (χ1v) is 14.4. The van der Waals surface area contributed by atoms with Gasteiger partial charge in [0.25, 0.3) is 0 Å². The number of H-pyrrole nitrogens is 1. The highest BCUT2D eigenvalue weighted by molar-refractivity contribution is 6.34. The predicted molar refractivity (Wildman–Crippen MR) is 156 cm³/mol. The Morgan fingerprint density at radius 1 is 1.07 bits per heavy atom. The summed E-state index contributed by atoms with van der Waals surface area (Å²) in [4.78, 5) is 14.8. The number of ether oxygens (including phenoxy) is 4. The number of pyridine rings is 1. The highest BCUT2D eigenvalue weighted by Crippen LogP contribution is 2.34. The zero-order valence-electron chi connectivity index (χ0n) is 23.3. The highest BCUT2D eigenvalue weighted by atomic mass is 35.5. The van der Waals surface area contributed by atoms with E-state index in [9.17, 15) is 0 Å². The van der Waals surface area contributed by atoms with Crippen molar-refractivity contribution in [2.45, 2.75) is 39.0 Å². The quantitative estimate of drug-likeness (QED) is 0.0797. The van der Waals surface area contributed by atoms with Gasteiger partial charge >= 0.3 is 0 Å². The molecular formula is C28H37ClFN7O4. The number of rotatable bonds is 17. The molecule has 0 saturated heterocycles. The molecule has 0 bridgehead atoms. The minimum absolute atomic E-state index is 0.269. The van der Waals surface area contributed by atoms with Gasteiger partial charge in [-0.25, -0.2) is 14.4 Å². The molecule has 0 radical (unpaired) electrons. The van der Waals surface area contributed by atoms with Crippen LogP contribution in [0.4, 0.5) is 10.1 Å². The molecule has 1 aliphatic rings. The van der Waals surface area contributed by atoms with Crippen molar-refractivity contribution in [3.05, 3.63) is 45.2 Å². The summed E-state index contributed by atoms with van der Waals surface area (Å²) in [7, 11) is 0. The van der Waals surface area contributed by atoms with Gasteiger partial charge in [-0.05, 0) is 42.8 Å². The van der Waals surface area contributed by atoms with Gasteiger partial charge in [0.15, 0.2) is 5.65 Å². The van der Waals surface area contributed by atoms with Gasteiger partial charge in [-0.2, -0.15) is 0 Å². The second-order valence-electron chi connectivity index (χ2n) is 9.89. The lowest BCUT2D eigenvalue weighted by Crippen LogP contribution is -2.17. The normalized spacial score (nSPS) is 13.8. The average Bonchev–Trinajstić information content (AvgIpc) is 3.41. The largest absolute Gasteiger partial charge is 0.491 e. The number of azide groups is 1. The Balaban J connectivity index is 1.26. The third-order valence-corrected chi connectivity index (χ3v) is 7.20. The maximum Gasteiger partial charge on any atom is 0.180 e. The first-order valence-electron chi connectivity index (χ1n) is 14.0. The number of aromatic nitrogens is 3. The van der Waals surface area contributed by atoms with Gasteiger partial charge in [-0.3, -0.25) is 0 Å². The highest BCUT2D eigenvalue weighted by Gasteiger charge is 2.19. The number of hydrogen-bond donors (Lipinski definition) is 2. The summed E-state index contributed by atoms with van der Waals surface area (Å²) in [5.74, 6) is 0.983. The molecule has 0 atom stereocenters. The van der Waals surface area contributed by atoms with Crippen LogP contribution in [0.25, 0.3) is 33.0 Å². The molecule has 11 nitrogen and oxygen atoms in total. The molecule has 0 spiro atoms. The van der Waals surface area contributed by atoms with Gasteiger partial charge in [0, 0.05) is 24.1 Å². The number of anilines is 1. The molecule has 222 valence electrons. The molecule has 3 aromatic rings. The zero-order chi connectivity index (χ0) is 28.9. The lowest BCUT2D eigenvalue weighted by molar-refractivity contribution is 0.0105. The summed E-state index contributed by atoms with van der Waals surface area (Å²) in [5, 5.41) is 7.37. The topological polar surface area (TPSA) is 139 Å². The number of hydrogen-bond acceptors (Lipinski definition) is 8. The van der Waals surface area contributed by atoms with Crippen LogP contribution in [0.5, 0.6) is 5.75 Å². The van der Waals surface area contributed by atoms with Crippen molar-refractivity contribution in [2.75, 3.05) is 64.7 Å². The lowest BCUT2D eigenvalue weighted by Gasteiger charge is -2.22. The molecule has 1 fully saturated rings. The van der Waals surface area contributed by atoms with Crippen LogP contribution in [0.15, 0.2) is 23.4 Å². The van der Waals surface area contributed by atoms with Crippen LogP contribution in [0.3, 0.4) is 0 Å². The predicted octanol–water partition coefficient (Wildman–Crippen LogP) is 6.46. The molecular weight excluding hydrogens is 553 g/mol. The average molecular weight is 590 g/mol. The Bertz CT molecular complexity index is 1310. The van der Waals surface area contributed by atoms with E-state index in [-0.39, 0.29) is 6.61 Å². The van der Waals surface area contributed by atoms with Crippen LogP contribution in [0.2, 0.25) is 5.02 Å². The molecule has 0 amide bonds. The van der Waals surface area contributed by atoms with E-state index in [1.165, 1.54) is 38.2 Å². The van der Waals surface area contributed by atoms with Gasteiger partial charge in [0.2, 0.25) is 0 Å². The Hall–Kier alpha value is -3.15. The van der Waals surface area contributed by atoms with Crippen LogP contribution >= 0.6 is 11.6 Å². The van der Waals surface area contributed by atoms with Crippen LogP contribution in [0, 0.1) is 18.7 Å². The maximum atomic E-state index is 15.2. The van der Waals surface area contributed by atoms with Crippen molar-refractivity contribution in [3.8, 4) is 17.1 Å². The first kappa shape index (κ1) is 30.8. The molecule has 41 heavy (non-hydrogen) atoms. The number of benzene rings is 1. The van der Waals surface area contributed by atoms with Crippen LogP contribution in [-0.2, 0) is 14.2 Å². The van der Waals surface area contributed by atoms with E-state index in [0.717, 1.165) is 17.8 Å². The summed E-state index contributed by atoms with van der Waals surface area (Å²) in [5.41, 5.74) is 11.2. The number of nitrogens with zero attached hydrogens (tertiary/aromatic N) is 5. The van der Waals surface area contributed by atoms with Crippen molar-refractivity contribution < 1.29 is 23.3 Å². The fraction of sp³-hybridized carbons (Fsp3) is 0.571. The van der Waals surface area contributed by atoms with E-state index in [4.69, 9.17) is 36.1 Å². The molecule has 2 N–H and O–H groups in total. The SMILES string of the molecule is Cc1cc(-c2nc3ncc(Cl)c(NCC4CCCCC4)c3[nH]2)c(F)cc1OCCOCCOCCOCCN=[N+]=[N-]. The summed E-state index contributed by atoms with van der Waals surface area (Å²) >= 11 is 6.48. The van der Waals surface area contributed by atoms with Crippen molar-refractivity contribution in [1.82, 2.24) is 15.0 Å². The van der Waals surface area contributed by atoms with Crippen LogP contribution < -0.4 is 10.1 Å². The minimum atomic E-state index is -0.455. The van der Waals surface area contributed by atoms with Crippen LogP contribution in [0.1, 0.15) is 37.7 Å². The summed E-state index contributed by atoms with van der Waals surface area (Å²) in [6.07, 6.45) is 7.84. The fourth-order valence-corrected chi connectivity index (χ4v) is 4.98. The summed E-state index contributed by atoms with van der Waals surface area (Å²) in [6.45, 7) is 5.62. The number of fused-ring (bicyclic) bond motifs is 1. The van der Waals surface area contributed by atoms with Crippen molar-refractivity contribution in [3.63, 3.8) is 0 Å². The van der Waals surface area contributed by atoms with E-state index in [0.29, 0.717) is 85.4 Å². The van der Waals surface area contributed by atoms with E-state index in [2.05, 4.69) is 30.3 Å². The summed E-state index contributed by atoms with van der Waals surface area (Å²) < 4.78 is 37.1. The molecule has 0 unspecified atom stereocenters. The first-order chi connectivity index (χ1) is 20.1. The minimum Gasteiger partial charge on any atom is -0.491 e.